The predicted molar refractivity (Wildman–Crippen MR) is 92.3 cm³/mol. The Hall–Kier alpha value is -0.980. The molecule has 138 valence electrons. The lowest BCUT2D eigenvalue weighted by Crippen LogP contribution is -2.67. The fourth-order valence-electron chi connectivity index (χ4n) is 4.47. The first kappa shape index (κ1) is 17.4. The van der Waals surface area contributed by atoms with E-state index in [4.69, 9.17) is 18.9 Å². The minimum Gasteiger partial charge on any atom is -0.381 e. The van der Waals surface area contributed by atoms with Crippen LogP contribution in [-0.2, 0) is 25.6 Å². The molecule has 0 amide bonds. The van der Waals surface area contributed by atoms with Crippen molar-refractivity contribution in [1.29, 1.82) is 0 Å². The fraction of sp³-hybridized carbons (Fsp3) is 0.700. The van der Waals surface area contributed by atoms with Crippen molar-refractivity contribution in [3.8, 4) is 0 Å². The standard InChI is InChI=1S/C20H28O5/c1-3-7-16-18(25-16)20(21)17(22-2)15(10-11-19(20)13-24-19)23-12-14-8-5-4-6-9-14/h4-6,8-9,15-18,21H,3,7,10-13H2,1-2H3/t15-,16?,17-,18?,19+,20+/m1/s1. The Morgan fingerprint density at radius 2 is 2.04 bits per heavy atom. The Morgan fingerprint density at radius 3 is 2.68 bits per heavy atom. The van der Waals surface area contributed by atoms with E-state index in [-0.39, 0.29) is 18.3 Å². The van der Waals surface area contributed by atoms with Crippen molar-refractivity contribution in [2.45, 2.75) is 74.8 Å². The summed E-state index contributed by atoms with van der Waals surface area (Å²) in [7, 11) is 1.65. The fourth-order valence-corrected chi connectivity index (χ4v) is 4.47. The number of benzene rings is 1. The molecule has 1 N–H and O–H groups in total. The second-order valence-corrected chi connectivity index (χ2v) is 7.52. The highest BCUT2D eigenvalue weighted by molar-refractivity contribution is 5.24. The van der Waals surface area contributed by atoms with Crippen LogP contribution in [0.25, 0.3) is 0 Å². The van der Waals surface area contributed by atoms with Crippen LogP contribution in [0.15, 0.2) is 30.3 Å². The summed E-state index contributed by atoms with van der Waals surface area (Å²) in [6.45, 7) is 3.22. The van der Waals surface area contributed by atoms with Gasteiger partial charge in [-0.3, -0.25) is 0 Å². The maximum atomic E-state index is 11.7. The molecule has 3 aliphatic rings. The zero-order chi connectivity index (χ0) is 17.5. The van der Waals surface area contributed by atoms with E-state index in [9.17, 15) is 5.11 Å². The first-order valence-electron chi connectivity index (χ1n) is 9.35. The predicted octanol–water partition coefficient (Wildman–Crippen LogP) is 2.45. The van der Waals surface area contributed by atoms with Gasteiger partial charge in [0.1, 0.15) is 17.8 Å². The number of epoxide rings is 2. The molecule has 1 aromatic carbocycles. The second kappa shape index (κ2) is 6.63. The molecule has 2 heterocycles. The molecule has 3 fully saturated rings. The molecule has 5 heteroatoms. The summed E-state index contributed by atoms with van der Waals surface area (Å²) in [6, 6.07) is 10.1. The van der Waals surface area contributed by atoms with Gasteiger partial charge in [-0.2, -0.15) is 0 Å². The van der Waals surface area contributed by atoms with E-state index < -0.39 is 17.3 Å². The molecule has 0 bridgehead atoms. The topological polar surface area (TPSA) is 63.8 Å². The molecule has 0 radical (unpaired) electrons. The monoisotopic (exact) mass is 348 g/mol. The van der Waals surface area contributed by atoms with Crippen molar-refractivity contribution in [3.63, 3.8) is 0 Å². The number of ether oxygens (including phenoxy) is 4. The van der Waals surface area contributed by atoms with Crippen LogP contribution in [0.3, 0.4) is 0 Å². The van der Waals surface area contributed by atoms with Gasteiger partial charge in [-0.25, -0.2) is 0 Å². The molecule has 4 rings (SSSR count). The highest BCUT2D eigenvalue weighted by atomic mass is 16.7. The lowest BCUT2D eigenvalue weighted by Gasteiger charge is -2.46. The number of hydrogen-bond acceptors (Lipinski definition) is 5. The third-order valence-corrected chi connectivity index (χ3v) is 5.98. The summed E-state index contributed by atoms with van der Waals surface area (Å²) < 4.78 is 23.6. The van der Waals surface area contributed by atoms with Gasteiger partial charge in [-0.1, -0.05) is 43.7 Å². The van der Waals surface area contributed by atoms with Crippen LogP contribution in [0.1, 0.15) is 38.2 Å². The molecular formula is C20H28O5. The van der Waals surface area contributed by atoms with E-state index in [1.807, 2.05) is 30.3 Å². The van der Waals surface area contributed by atoms with Crippen LogP contribution in [0, 0.1) is 0 Å². The lowest BCUT2D eigenvalue weighted by molar-refractivity contribution is -0.219. The van der Waals surface area contributed by atoms with Crippen molar-refractivity contribution in [2.75, 3.05) is 13.7 Å². The average Bonchev–Trinajstić information content (AvgIpc) is 3.54. The van der Waals surface area contributed by atoms with Gasteiger partial charge in [0.2, 0.25) is 0 Å². The van der Waals surface area contributed by atoms with Crippen molar-refractivity contribution >= 4 is 0 Å². The highest BCUT2D eigenvalue weighted by Gasteiger charge is 2.76. The molecule has 2 aliphatic heterocycles. The molecule has 1 spiro atoms. The molecular weight excluding hydrogens is 320 g/mol. The van der Waals surface area contributed by atoms with Gasteiger partial charge >= 0.3 is 0 Å². The smallest absolute Gasteiger partial charge is 0.153 e. The van der Waals surface area contributed by atoms with Crippen LogP contribution in [0.2, 0.25) is 0 Å². The van der Waals surface area contributed by atoms with E-state index in [1.54, 1.807) is 7.11 Å². The summed E-state index contributed by atoms with van der Waals surface area (Å²) >= 11 is 0. The van der Waals surface area contributed by atoms with Gasteiger partial charge in [0.25, 0.3) is 0 Å². The number of methoxy groups -OCH3 is 1. The van der Waals surface area contributed by atoms with E-state index in [2.05, 4.69) is 6.92 Å². The van der Waals surface area contributed by atoms with Gasteiger partial charge in [0, 0.05) is 7.11 Å². The van der Waals surface area contributed by atoms with Crippen molar-refractivity contribution in [2.24, 2.45) is 0 Å². The average molecular weight is 348 g/mol. The van der Waals surface area contributed by atoms with E-state index in [0.717, 1.165) is 31.2 Å². The van der Waals surface area contributed by atoms with Crippen LogP contribution >= 0.6 is 0 Å². The Labute approximate surface area is 149 Å². The van der Waals surface area contributed by atoms with E-state index in [1.165, 1.54) is 0 Å². The SMILES string of the molecule is CCCC1OC1[C@@]1(O)[C@H](OC)[C@H](OCc2ccccc2)CC[C@]12CO2. The van der Waals surface area contributed by atoms with Crippen LogP contribution < -0.4 is 0 Å². The van der Waals surface area contributed by atoms with Gasteiger partial charge in [-0.05, 0) is 24.8 Å². The molecule has 2 saturated heterocycles. The summed E-state index contributed by atoms with van der Waals surface area (Å²) in [5.41, 5.74) is -0.537. The zero-order valence-electron chi connectivity index (χ0n) is 15.0. The number of rotatable bonds is 7. The molecule has 25 heavy (non-hydrogen) atoms. The van der Waals surface area contributed by atoms with Gasteiger partial charge in [0.15, 0.2) is 5.60 Å². The van der Waals surface area contributed by atoms with Crippen molar-refractivity contribution < 1.29 is 24.1 Å². The summed E-state index contributed by atoms with van der Waals surface area (Å²) in [4.78, 5) is 0. The molecule has 5 nitrogen and oxygen atoms in total. The Kier molecular flexibility index (Phi) is 4.63. The Morgan fingerprint density at radius 1 is 1.28 bits per heavy atom. The minimum absolute atomic E-state index is 0.0987. The molecule has 1 aromatic rings. The van der Waals surface area contributed by atoms with E-state index >= 15 is 0 Å². The van der Waals surface area contributed by atoms with Crippen LogP contribution in [-0.4, -0.2) is 54.4 Å². The third-order valence-electron chi connectivity index (χ3n) is 5.98. The third kappa shape index (κ3) is 2.92. The van der Waals surface area contributed by atoms with Crippen molar-refractivity contribution in [1.82, 2.24) is 0 Å². The Balaban J connectivity index is 1.50. The molecule has 0 aromatic heterocycles. The molecule has 1 saturated carbocycles. The van der Waals surface area contributed by atoms with Crippen LogP contribution in [0.4, 0.5) is 0 Å². The number of hydrogen-bond donors (Lipinski definition) is 1. The Bertz CT molecular complexity index is 587. The highest BCUT2D eigenvalue weighted by Crippen LogP contribution is 2.56. The van der Waals surface area contributed by atoms with Gasteiger partial charge in [-0.15, -0.1) is 0 Å². The molecule has 6 atom stereocenters. The van der Waals surface area contributed by atoms with Gasteiger partial charge < -0.3 is 24.1 Å². The number of aliphatic hydroxyl groups is 1. The maximum absolute atomic E-state index is 11.7. The summed E-state index contributed by atoms with van der Waals surface area (Å²) in [5, 5.41) is 11.7. The zero-order valence-corrected chi connectivity index (χ0v) is 15.0. The quantitative estimate of drug-likeness (QED) is 0.767. The minimum atomic E-state index is -1.14. The molecule has 2 unspecified atom stereocenters. The summed E-state index contributed by atoms with van der Waals surface area (Å²) in [5.74, 6) is 0. The second-order valence-electron chi connectivity index (χ2n) is 7.52. The largest absolute Gasteiger partial charge is 0.381 e. The van der Waals surface area contributed by atoms with Crippen molar-refractivity contribution in [3.05, 3.63) is 35.9 Å². The van der Waals surface area contributed by atoms with E-state index in [0.29, 0.717) is 13.2 Å². The van der Waals surface area contributed by atoms with Crippen LogP contribution in [0.5, 0.6) is 0 Å². The molecule has 1 aliphatic carbocycles. The van der Waals surface area contributed by atoms with Gasteiger partial charge in [0.05, 0.1) is 25.4 Å². The lowest BCUT2D eigenvalue weighted by atomic mass is 9.69. The normalized spacial score (nSPS) is 42.5. The first-order chi connectivity index (χ1) is 12.1. The summed E-state index contributed by atoms with van der Waals surface area (Å²) in [6.07, 6.45) is 2.85. The first-order valence-corrected chi connectivity index (χ1v) is 9.35. The maximum Gasteiger partial charge on any atom is 0.153 e.